The molecule has 0 spiro atoms. The van der Waals surface area contributed by atoms with Crippen molar-refractivity contribution in [2.45, 2.75) is 12.4 Å². The van der Waals surface area contributed by atoms with E-state index in [0.29, 0.717) is 0 Å². The predicted molar refractivity (Wildman–Crippen MR) is 51.1 cm³/mol. The van der Waals surface area contributed by atoms with Crippen LogP contribution in [0.3, 0.4) is 0 Å². The van der Waals surface area contributed by atoms with E-state index in [9.17, 15) is 26.3 Å². The zero-order chi connectivity index (χ0) is 13.0. The first-order valence-corrected chi connectivity index (χ1v) is 6.42. The van der Waals surface area contributed by atoms with Crippen LogP contribution in [0.5, 0.6) is 0 Å². The van der Waals surface area contributed by atoms with E-state index in [4.69, 9.17) is 0 Å². The molecule has 0 radical (unpaired) electrons. The summed E-state index contributed by atoms with van der Waals surface area (Å²) < 4.78 is 79.3. The van der Waals surface area contributed by atoms with E-state index < -0.39 is 33.2 Å². The van der Waals surface area contributed by atoms with Gasteiger partial charge in [0.25, 0.3) is 0 Å². The predicted octanol–water partition coefficient (Wildman–Crippen LogP) is 2.42. The van der Waals surface area contributed by atoms with E-state index in [2.05, 4.69) is 15.6 Å². The Hall–Kier alpha value is -0.265. The van der Waals surface area contributed by atoms with Gasteiger partial charge in [0.05, 0.1) is 0 Å². The van der Waals surface area contributed by atoms with Crippen molar-refractivity contribution in [2.24, 2.45) is 0 Å². The molecule has 0 aromatic heterocycles. The zero-order valence-electron chi connectivity index (χ0n) is 8.28. The van der Waals surface area contributed by atoms with Crippen molar-refractivity contribution in [2.75, 3.05) is 13.2 Å². The number of rotatable bonds is 5. The molecule has 2 nitrogen and oxygen atoms in total. The van der Waals surface area contributed by atoms with E-state index in [1.807, 2.05) is 0 Å². The first-order chi connectivity index (χ1) is 6.97. The molecular weight excluding hydrogens is 260 g/mol. The first kappa shape index (κ1) is 15.7. The van der Waals surface area contributed by atoms with Gasteiger partial charge < -0.3 is 0 Å². The van der Waals surface area contributed by atoms with Crippen molar-refractivity contribution >= 4 is 15.2 Å². The van der Waals surface area contributed by atoms with Crippen LogP contribution >= 0.6 is 7.59 Å². The number of alkyl halides is 6. The summed E-state index contributed by atoms with van der Waals surface area (Å²) in [6.45, 7) is -0.195. The average molecular weight is 270 g/mol. The number of halogens is 6. The van der Waals surface area contributed by atoms with Gasteiger partial charge in [-0.05, 0) is 0 Å². The molecule has 0 aliphatic heterocycles. The van der Waals surface area contributed by atoms with E-state index >= 15 is 0 Å². The van der Waals surface area contributed by atoms with Gasteiger partial charge in [-0.3, -0.25) is 0 Å². The fourth-order valence-corrected chi connectivity index (χ4v) is 1.83. The van der Waals surface area contributed by atoms with Crippen LogP contribution in [-0.2, 0) is 9.05 Å². The molecule has 0 saturated heterocycles. The fourth-order valence-electron chi connectivity index (χ4n) is 0.610. The SMILES string of the molecule is B[PH](C=C)(OCC(F)(F)F)OCC(F)(F)F. The molecule has 0 N–H and O–H groups in total. The summed E-state index contributed by atoms with van der Waals surface area (Å²) in [5.74, 6) is 0.866. The van der Waals surface area contributed by atoms with E-state index in [-0.39, 0.29) is 0 Å². The van der Waals surface area contributed by atoms with E-state index in [1.165, 1.54) is 0 Å². The van der Waals surface area contributed by atoms with E-state index in [0.717, 1.165) is 13.4 Å². The summed E-state index contributed by atoms with van der Waals surface area (Å²) in [5.41, 5.74) is 0. The fraction of sp³-hybridized carbons (Fsp3) is 0.667. The number of hydrogen-bond acceptors (Lipinski definition) is 2. The van der Waals surface area contributed by atoms with Gasteiger partial charge in [0, 0.05) is 0 Å². The van der Waals surface area contributed by atoms with Crippen LogP contribution in [0.4, 0.5) is 26.3 Å². The number of hydrogen-bond donors (Lipinski definition) is 0. The van der Waals surface area contributed by atoms with Gasteiger partial charge in [-0.1, -0.05) is 0 Å². The normalized spacial score (nSPS) is 14.9. The van der Waals surface area contributed by atoms with Gasteiger partial charge in [-0.2, -0.15) is 0 Å². The molecule has 96 valence electrons. The summed E-state index contributed by atoms with van der Waals surface area (Å²) >= 11 is 0. The Labute approximate surface area is 89.5 Å². The minimum absolute atomic E-state index is 0.866. The molecule has 0 heterocycles. The topological polar surface area (TPSA) is 18.5 Å². The van der Waals surface area contributed by atoms with Crippen LogP contribution in [-0.4, -0.2) is 33.1 Å². The Morgan fingerprint density at radius 2 is 1.31 bits per heavy atom. The molecule has 0 aromatic rings. The van der Waals surface area contributed by atoms with Gasteiger partial charge >= 0.3 is 88.5 Å². The van der Waals surface area contributed by atoms with Crippen molar-refractivity contribution in [3.8, 4) is 0 Å². The molecule has 0 saturated carbocycles. The average Bonchev–Trinajstić information content (AvgIpc) is 2.09. The minimum atomic E-state index is -4.61. The molecule has 16 heavy (non-hydrogen) atoms. The Balaban J connectivity index is 4.27. The summed E-state index contributed by atoms with van der Waals surface area (Å²) in [6.07, 6.45) is -9.22. The molecule has 0 aromatic carbocycles. The third-order valence-electron chi connectivity index (χ3n) is 1.42. The molecule has 0 atom stereocenters. The van der Waals surface area contributed by atoms with Crippen LogP contribution in [0, 0.1) is 0 Å². The summed E-state index contributed by atoms with van der Waals surface area (Å²) in [5, 5.41) is 0. The summed E-state index contributed by atoms with van der Waals surface area (Å²) in [4.78, 5) is 0. The van der Waals surface area contributed by atoms with Crippen molar-refractivity contribution < 1.29 is 35.4 Å². The standard InChI is InChI=1S/C6H10BF6O2P/c1-2-16(7,14-3-5(8,9)10)15-4-6(11,12)13/h2,16H,1,3-4,7H2. The molecule has 0 amide bonds. The van der Waals surface area contributed by atoms with Crippen molar-refractivity contribution in [3.05, 3.63) is 12.4 Å². The molecule has 0 aliphatic carbocycles. The zero-order valence-corrected chi connectivity index (χ0v) is 9.28. The van der Waals surface area contributed by atoms with Crippen molar-refractivity contribution in [3.63, 3.8) is 0 Å². The van der Waals surface area contributed by atoms with Gasteiger partial charge in [0.2, 0.25) is 0 Å². The van der Waals surface area contributed by atoms with Crippen LogP contribution < -0.4 is 0 Å². The molecule has 0 unspecified atom stereocenters. The second-order valence-corrected chi connectivity index (χ2v) is 6.05. The molecule has 10 heteroatoms. The van der Waals surface area contributed by atoms with Gasteiger partial charge in [-0.25, -0.2) is 0 Å². The molecule has 0 aliphatic rings. The monoisotopic (exact) mass is 270 g/mol. The summed E-state index contributed by atoms with van der Waals surface area (Å²) in [7, 11) is -2.57. The third-order valence-corrected chi connectivity index (χ3v) is 3.59. The maximum atomic E-state index is 11.8. The van der Waals surface area contributed by atoms with Crippen molar-refractivity contribution in [1.29, 1.82) is 0 Å². The first-order valence-electron chi connectivity index (χ1n) is 4.02. The molecule has 0 bridgehead atoms. The summed E-state index contributed by atoms with van der Waals surface area (Å²) in [6, 6.07) is 0. The van der Waals surface area contributed by atoms with Crippen molar-refractivity contribution in [1.82, 2.24) is 0 Å². The third kappa shape index (κ3) is 7.95. The second-order valence-electron chi connectivity index (χ2n) is 3.03. The Morgan fingerprint density at radius 1 is 1.00 bits per heavy atom. The quantitative estimate of drug-likeness (QED) is 0.434. The molecule has 0 rings (SSSR count). The Bertz CT molecular complexity index is 222. The Morgan fingerprint density at radius 3 is 1.50 bits per heavy atom. The van der Waals surface area contributed by atoms with Crippen LogP contribution in [0.25, 0.3) is 0 Å². The molecular formula is C6H10BF6O2P. The molecule has 0 fully saturated rings. The Kier molecular flexibility index (Phi) is 5.29. The van der Waals surface area contributed by atoms with Crippen LogP contribution in [0.2, 0.25) is 0 Å². The maximum absolute atomic E-state index is 11.8. The van der Waals surface area contributed by atoms with Crippen LogP contribution in [0.15, 0.2) is 12.4 Å². The van der Waals surface area contributed by atoms with Gasteiger partial charge in [0.1, 0.15) is 0 Å². The van der Waals surface area contributed by atoms with Crippen LogP contribution in [0.1, 0.15) is 0 Å². The van der Waals surface area contributed by atoms with Gasteiger partial charge in [0.15, 0.2) is 0 Å². The van der Waals surface area contributed by atoms with Gasteiger partial charge in [-0.15, -0.1) is 0 Å². The second kappa shape index (κ2) is 5.38. The van der Waals surface area contributed by atoms with E-state index in [1.54, 1.807) is 0 Å².